The first-order chi connectivity index (χ1) is 14.3. The van der Waals surface area contributed by atoms with Gasteiger partial charge in [-0.3, -0.25) is 9.59 Å². The number of rotatable bonds is 6. The molecule has 8 atom stereocenters. The summed E-state index contributed by atoms with van der Waals surface area (Å²) in [6, 6.07) is 0. The SMILES string of the molecule is CCCCCCC(=O)OC1CCC2C3CCC4CC(=O)C(C)C[C@]4(C)C3CC[C@]12C. The fourth-order valence-corrected chi connectivity index (χ4v) is 8.47. The average molecular weight is 417 g/mol. The van der Waals surface area contributed by atoms with Crippen LogP contribution >= 0.6 is 0 Å². The van der Waals surface area contributed by atoms with Crippen LogP contribution in [0.5, 0.6) is 0 Å². The molecule has 3 nitrogen and oxygen atoms in total. The Morgan fingerprint density at radius 1 is 1.00 bits per heavy atom. The zero-order chi connectivity index (χ0) is 21.5. The Kier molecular flexibility index (Phi) is 6.39. The molecule has 0 N–H and O–H groups in total. The van der Waals surface area contributed by atoms with Crippen molar-refractivity contribution >= 4 is 11.8 Å². The molecule has 0 aliphatic heterocycles. The summed E-state index contributed by atoms with van der Waals surface area (Å²) in [5.74, 6) is 3.60. The van der Waals surface area contributed by atoms with E-state index in [9.17, 15) is 9.59 Å². The fraction of sp³-hybridized carbons (Fsp3) is 0.926. The van der Waals surface area contributed by atoms with E-state index in [4.69, 9.17) is 4.74 Å². The van der Waals surface area contributed by atoms with Crippen molar-refractivity contribution in [3.8, 4) is 0 Å². The van der Waals surface area contributed by atoms with Gasteiger partial charge in [-0.05, 0) is 80.5 Å². The average Bonchev–Trinajstić information content (AvgIpc) is 3.03. The molecule has 170 valence electrons. The number of hydrogen-bond acceptors (Lipinski definition) is 3. The second-order valence-corrected chi connectivity index (χ2v) is 11.8. The molecule has 0 heterocycles. The van der Waals surface area contributed by atoms with E-state index in [1.165, 1.54) is 44.9 Å². The Bertz CT molecular complexity index is 656. The van der Waals surface area contributed by atoms with Crippen molar-refractivity contribution in [3.63, 3.8) is 0 Å². The third-order valence-corrected chi connectivity index (χ3v) is 10.2. The van der Waals surface area contributed by atoms with Gasteiger partial charge in [0.2, 0.25) is 0 Å². The fourth-order valence-electron chi connectivity index (χ4n) is 8.47. The number of carbonyl (C=O) groups excluding carboxylic acids is 2. The van der Waals surface area contributed by atoms with Gasteiger partial charge < -0.3 is 4.74 Å². The number of ketones is 1. The molecule has 0 aromatic rings. The molecule has 0 radical (unpaired) electrons. The molecule has 4 aliphatic carbocycles. The quantitative estimate of drug-likeness (QED) is 0.356. The summed E-state index contributed by atoms with van der Waals surface area (Å²) in [5, 5.41) is 0. The van der Waals surface area contributed by atoms with Crippen LogP contribution in [0, 0.1) is 40.4 Å². The Hall–Kier alpha value is -0.860. The molecule has 0 bridgehead atoms. The van der Waals surface area contributed by atoms with Crippen LogP contribution in [-0.2, 0) is 14.3 Å². The van der Waals surface area contributed by atoms with Crippen LogP contribution in [0.25, 0.3) is 0 Å². The topological polar surface area (TPSA) is 43.4 Å². The maximum Gasteiger partial charge on any atom is 0.306 e. The maximum atomic E-state index is 12.5. The summed E-state index contributed by atoms with van der Waals surface area (Å²) in [4.78, 5) is 24.9. The number of unbranched alkanes of at least 4 members (excludes halogenated alkanes) is 3. The number of carbonyl (C=O) groups is 2. The van der Waals surface area contributed by atoms with E-state index < -0.39 is 0 Å². The van der Waals surface area contributed by atoms with Crippen LogP contribution in [-0.4, -0.2) is 17.9 Å². The highest BCUT2D eigenvalue weighted by Gasteiger charge is 2.61. The van der Waals surface area contributed by atoms with Gasteiger partial charge >= 0.3 is 5.97 Å². The second-order valence-electron chi connectivity index (χ2n) is 11.8. The molecule has 4 saturated carbocycles. The van der Waals surface area contributed by atoms with Crippen molar-refractivity contribution in [2.45, 2.75) is 117 Å². The van der Waals surface area contributed by atoms with Crippen molar-refractivity contribution in [2.75, 3.05) is 0 Å². The van der Waals surface area contributed by atoms with Crippen molar-refractivity contribution in [3.05, 3.63) is 0 Å². The van der Waals surface area contributed by atoms with Crippen molar-refractivity contribution < 1.29 is 14.3 Å². The summed E-state index contributed by atoms with van der Waals surface area (Å²) in [7, 11) is 0. The van der Waals surface area contributed by atoms with Crippen LogP contribution in [0.1, 0.15) is 111 Å². The molecule has 4 rings (SSSR count). The minimum atomic E-state index is 0.0374. The molecular formula is C27H44O3. The lowest BCUT2D eigenvalue weighted by Crippen LogP contribution is -2.55. The predicted molar refractivity (Wildman–Crippen MR) is 120 cm³/mol. The molecule has 30 heavy (non-hydrogen) atoms. The van der Waals surface area contributed by atoms with Crippen LogP contribution in [0.4, 0.5) is 0 Å². The first-order valence-corrected chi connectivity index (χ1v) is 13.0. The van der Waals surface area contributed by atoms with E-state index in [0.717, 1.165) is 43.9 Å². The van der Waals surface area contributed by atoms with E-state index in [0.29, 0.717) is 29.5 Å². The first kappa shape index (κ1) is 22.3. The summed E-state index contributed by atoms with van der Waals surface area (Å²) in [6.45, 7) is 9.31. The standard InChI is InChI=1S/C27H44O3/c1-5-6-7-8-9-25(29)30-24-13-12-21-20-11-10-19-16-23(28)18(2)17-27(19,4)22(20)14-15-26(21,24)3/h18-22,24H,5-17H2,1-4H3/t18?,19?,20?,21?,22?,24?,26-,27-/m0/s1. The maximum absolute atomic E-state index is 12.5. The Balaban J connectivity index is 1.42. The van der Waals surface area contributed by atoms with Gasteiger partial charge in [0.15, 0.2) is 0 Å². The molecule has 4 aliphatic rings. The molecule has 0 saturated heterocycles. The van der Waals surface area contributed by atoms with Gasteiger partial charge in [0.25, 0.3) is 0 Å². The van der Waals surface area contributed by atoms with Gasteiger partial charge in [-0.25, -0.2) is 0 Å². The molecule has 6 unspecified atom stereocenters. The van der Waals surface area contributed by atoms with Gasteiger partial charge in [0.1, 0.15) is 11.9 Å². The lowest BCUT2D eigenvalue weighted by atomic mass is 9.44. The van der Waals surface area contributed by atoms with E-state index in [-0.39, 0.29) is 23.4 Å². The highest BCUT2D eigenvalue weighted by molar-refractivity contribution is 5.82. The van der Waals surface area contributed by atoms with Gasteiger partial charge in [-0.1, -0.05) is 47.0 Å². The lowest BCUT2D eigenvalue weighted by molar-refractivity contribution is -0.165. The zero-order valence-electron chi connectivity index (χ0n) is 19.9. The van der Waals surface area contributed by atoms with E-state index in [1.807, 2.05) is 0 Å². The monoisotopic (exact) mass is 416 g/mol. The smallest absolute Gasteiger partial charge is 0.306 e. The van der Waals surface area contributed by atoms with Crippen LogP contribution in [0.15, 0.2) is 0 Å². The van der Waals surface area contributed by atoms with Crippen molar-refractivity contribution in [1.29, 1.82) is 0 Å². The largest absolute Gasteiger partial charge is 0.462 e. The van der Waals surface area contributed by atoms with Gasteiger partial charge in [-0.15, -0.1) is 0 Å². The minimum absolute atomic E-state index is 0.0374. The number of esters is 1. The summed E-state index contributed by atoms with van der Waals surface area (Å²) < 4.78 is 6.12. The molecule has 0 aromatic carbocycles. The summed E-state index contributed by atoms with van der Waals surface area (Å²) in [5.41, 5.74) is 0.505. The first-order valence-electron chi connectivity index (χ1n) is 13.0. The highest BCUT2D eigenvalue weighted by atomic mass is 16.5. The normalized spacial score (nSPS) is 45.4. The zero-order valence-corrected chi connectivity index (χ0v) is 19.9. The van der Waals surface area contributed by atoms with Crippen LogP contribution in [0.3, 0.4) is 0 Å². The third kappa shape index (κ3) is 3.77. The van der Waals surface area contributed by atoms with Crippen LogP contribution in [0.2, 0.25) is 0 Å². The minimum Gasteiger partial charge on any atom is -0.462 e. The summed E-state index contributed by atoms with van der Waals surface area (Å²) >= 11 is 0. The highest BCUT2D eigenvalue weighted by Crippen LogP contribution is 2.66. The molecule has 0 amide bonds. The predicted octanol–water partition coefficient (Wildman–Crippen LogP) is 6.73. The van der Waals surface area contributed by atoms with E-state index >= 15 is 0 Å². The van der Waals surface area contributed by atoms with Crippen molar-refractivity contribution in [2.24, 2.45) is 40.4 Å². The third-order valence-electron chi connectivity index (χ3n) is 10.2. The number of fused-ring (bicyclic) bond motifs is 5. The van der Waals surface area contributed by atoms with Crippen LogP contribution < -0.4 is 0 Å². The Morgan fingerprint density at radius 2 is 1.77 bits per heavy atom. The summed E-state index contributed by atoms with van der Waals surface area (Å²) in [6.07, 6.45) is 14.4. The van der Waals surface area contributed by atoms with Crippen molar-refractivity contribution in [1.82, 2.24) is 0 Å². The van der Waals surface area contributed by atoms with E-state index in [2.05, 4.69) is 27.7 Å². The molecular weight excluding hydrogens is 372 g/mol. The molecule has 4 fully saturated rings. The second kappa shape index (κ2) is 8.58. The number of ether oxygens (including phenoxy) is 1. The Labute approximate surface area is 184 Å². The molecule has 3 heteroatoms. The molecule has 0 aromatic heterocycles. The number of hydrogen-bond donors (Lipinski definition) is 0. The number of Topliss-reactive ketones (excluding diaryl/α,β-unsaturated/α-hetero) is 1. The Morgan fingerprint density at radius 3 is 2.53 bits per heavy atom. The lowest BCUT2D eigenvalue weighted by Gasteiger charge is -2.60. The van der Waals surface area contributed by atoms with Gasteiger partial charge in [-0.2, -0.15) is 0 Å². The van der Waals surface area contributed by atoms with Gasteiger partial charge in [0, 0.05) is 24.2 Å². The van der Waals surface area contributed by atoms with Gasteiger partial charge in [0.05, 0.1) is 0 Å². The van der Waals surface area contributed by atoms with E-state index in [1.54, 1.807) is 0 Å². The molecule has 0 spiro atoms.